The first-order valence-electron chi connectivity index (χ1n) is 13.4. The number of aliphatic hydroxyl groups is 3. The molecule has 2 rings (SSSR count). The van der Waals surface area contributed by atoms with Crippen molar-refractivity contribution in [2.45, 2.75) is 85.2 Å². The van der Waals surface area contributed by atoms with Gasteiger partial charge in [-0.25, -0.2) is 4.31 Å². The lowest BCUT2D eigenvalue weighted by Crippen LogP contribution is -2.43. The van der Waals surface area contributed by atoms with Gasteiger partial charge in [-0.15, -0.1) is 0 Å². The molecule has 11 heteroatoms. The topological polar surface area (TPSA) is 160 Å². The summed E-state index contributed by atoms with van der Waals surface area (Å²) in [5, 5.41) is 31.1. The Morgan fingerprint density at radius 2 is 1.02 bits per heavy atom. The summed E-state index contributed by atoms with van der Waals surface area (Å²) >= 11 is 0. The summed E-state index contributed by atoms with van der Waals surface area (Å²) in [6, 6.07) is 12.6. The van der Waals surface area contributed by atoms with Crippen molar-refractivity contribution in [3.63, 3.8) is 0 Å². The van der Waals surface area contributed by atoms with Gasteiger partial charge in [0, 0.05) is 0 Å². The second-order valence-electron chi connectivity index (χ2n) is 11.2. The molecular weight excluding hydrogens is 554 g/mol. The lowest BCUT2D eigenvalue weighted by Gasteiger charge is -2.38. The van der Waals surface area contributed by atoms with Gasteiger partial charge in [0.05, 0.1) is 25.2 Å². The molecule has 9 nitrogen and oxygen atoms in total. The van der Waals surface area contributed by atoms with E-state index in [0.717, 1.165) is 22.4 Å². The molecule has 0 saturated heterocycles. The van der Waals surface area contributed by atoms with Gasteiger partial charge in [0.1, 0.15) is 11.9 Å². The molecule has 0 aliphatic carbocycles. The Morgan fingerprint density at radius 1 is 0.600 bits per heavy atom. The molecular formula is C29H48O9P2. The van der Waals surface area contributed by atoms with E-state index in [9.17, 15) is 15.3 Å². The van der Waals surface area contributed by atoms with Crippen LogP contribution in [0.1, 0.15) is 113 Å². The molecule has 0 fully saturated rings. The standard InChI is InChI=1S/C29H44O4.H4O5P2/c1-18(2)22-9-11-24(25(13-22)20(5)6)28(29(15-30,16-31)17-32)33-27-12-10-23(19(3)4)14-26(27)21(7)8;1-6(2)5-7(3)4/h9-14,18-21,28,30-32H,15-17H2,1-8H3;1-4H. The summed E-state index contributed by atoms with van der Waals surface area (Å²) in [5.74, 6) is 1.95. The maximum Gasteiger partial charge on any atom is 0.334 e. The second-order valence-corrected chi connectivity index (χ2v) is 12.9. The summed E-state index contributed by atoms with van der Waals surface area (Å²) in [7, 11) is -5.22. The zero-order valence-electron chi connectivity index (χ0n) is 24.8. The van der Waals surface area contributed by atoms with E-state index in [4.69, 9.17) is 24.3 Å². The Bertz CT molecular complexity index is 1010. The van der Waals surface area contributed by atoms with Gasteiger partial charge in [0.25, 0.3) is 0 Å². The minimum atomic E-state index is -2.61. The highest BCUT2D eigenvalue weighted by Gasteiger charge is 2.42. The molecule has 7 N–H and O–H groups in total. The predicted molar refractivity (Wildman–Crippen MR) is 160 cm³/mol. The fourth-order valence-electron chi connectivity index (χ4n) is 4.29. The van der Waals surface area contributed by atoms with Gasteiger partial charge in [-0.1, -0.05) is 85.7 Å². The van der Waals surface area contributed by atoms with E-state index in [-0.39, 0.29) is 11.8 Å². The van der Waals surface area contributed by atoms with E-state index in [1.54, 1.807) is 0 Å². The summed E-state index contributed by atoms with van der Waals surface area (Å²) < 4.78 is 10.3. The normalized spacial score (nSPS) is 13.0. The number of hydrogen-bond donors (Lipinski definition) is 7. The third-order valence-corrected chi connectivity index (χ3v) is 8.06. The zero-order valence-corrected chi connectivity index (χ0v) is 26.6. The van der Waals surface area contributed by atoms with E-state index in [1.807, 2.05) is 12.1 Å². The molecule has 40 heavy (non-hydrogen) atoms. The zero-order chi connectivity index (χ0) is 30.8. The highest BCUT2D eigenvalue weighted by molar-refractivity contribution is 7.53. The molecule has 228 valence electrons. The van der Waals surface area contributed by atoms with Crippen LogP contribution in [0.5, 0.6) is 5.75 Å². The fraction of sp³-hybridized carbons (Fsp3) is 0.586. The molecule has 0 spiro atoms. The van der Waals surface area contributed by atoms with E-state index < -0.39 is 48.5 Å². The Balaban J connectivity index is 0.00000101. The average Bonchev–Trinajstić information content (AvgIpc) is 2.88. The molecule has 0 radical (unpaired) electrons. The van der Waals surface area contributed by atoms with Crippen LogP contribution in [0.15, 0.2) is 36.4 Å². The summed E-state index contributed by atoms with van der Waals surface area (Å²) in [4.78, 5) is 31.3. The Labute approximate surface area is 241 Å². The molecule has 0 amide bonds. The van der Waals surface area contributed by atoms with Gasteiger partial charge in [-0.3, -0.25) is 0 Å². The van der Waals surface area contributed by atoms with Gasteiger partial charge < -0.3 is 39.6 Å². The largest absolute Gasteiger partial charge is 0.485 e. The van der Waals surface area contributed by atoms with Crippen LogP contribution in [0.2, 0.25) is 0 Å². The number of benzene rings is 2. The molecule has 1 unspecified atom stereocenters. The molecule has 0 aromatic heterocycles. The first kappa shape index (κ1) is 36.8. The van der Waals surface area contributed by atoms with Crippen LogP contribution in [-0.4, -0.2) is 54.7 Å². The highest BCUT2D eigenvalue weighted by Crippen LogP contribution is 2.44. The molecule has 0 aliphatic rings. The SMILES string of the molecule is CC(C)c1ccc(OC(c2ccc(C(C)C)cc2C(C)C)C(CO)(CO)CO)c(C(C)C)c1.OP(O)OP(O)O. The van der Waals surface area contributed by atoms with Crippen molar-refractivity contribution < 1.29 is 43.9 Å². The van der Waals surface area contributed by atoms with Crippen molar-refractivity contribution in [3.05, 3.63) is 64.2 Å². The third-order valence-electron chi connectivity index (χ3n) is 6.90. The number of aliphatic hydroxyl groups excluding tert-OH is 3. The number of hydrogen-bond acceptors (Lipinski definition) is 9. The third kappa shape index (κ3) is 10.2. The lowest BCUT2D eigenvalue weighted by molar-refractivity contribution is -0.0749. The number of rotatable bonds is 13. The van der Waals surface area contributed by atoms with E-state index in [0.29, 0.717) is 11.8 Å². The predicted octanol–water partition coefficient (Wildman–Crippen LogP) is 5.69. The maximum atomic E-state index is 10.4. The van der Waals surface area contributed by atoms with E-state index in [2.05, 4.69) is 84.0 Å². The minimum Gasteiger partial charge on any atom is -0.485 e. The maximum absolute atomic E-state index is 10.4. The van der Waals surface area contributed by atoms with Crippen molar-refractivity contribution >= 4 is 17.2 Å². The first-order valence-corrected chi connectivity index (χ1v) is 15.8. The van der Waals surface area contributed by atoms with Gasteiger partial charge in [0.2, 0.25) is 0 Å². The van der Waals surface area contributed by atoms with Crippen molar-refractivity contribution in [2.24, 2.45) is 5.41 Å². The summed E-state index contributed by atoms with van der Waals surface area (Å²) in [6.45, 7) is 16.0. The Kier molecular flexibility index (Phi) is 15.7. The van der Waals surface area contributed by atoms with E-state index >= 15 is 0 Å². The molecule has 0 bridgehead atoms. The minimum absolute atomic E-state index is 0.214. The number of ether oxygens (including phenoxy) is 1. The molecule has 0 aliphatic heterocycles. The lowest BCUT2D eigenvalue weighted by atomic mass is 9.77. The monoisotopic (exact) mass is 602 g/mol. The summed E-state index contributed by atoms with van der Waals surface area (Å²) in [6.07, 6.45) is -0.710. The highest BCUT2D eigenvalue weighted by atomic mass is 31.2. The van der Waals surface area contributed by atoms with Crippen molar-refractivity contribution in [3.8, 4) is 5.75 Å². The van der Waals surface area contributed by atoms with Crippen LogP contribution < -0.4 is 4.74 Å². The molecule has 0 heterocycles. The van der Waals surface area contributed by atoms with Crippen LogP contribution in [-0.2, 0) is 4.31 Å². The smallest absolute Gasteiger partial charge is 0.334 e. The fourth-order valence-corrected chi connectivity index (χ4v) is 4.81. The van der Waals surface area contributed by atoms with Crippen molar-refractivity contribution in [1.82, 2.24) is 0 Å². The first-order chi connectivity index (χ1) is 18.6. The molecule has 2 aromatic rings. The Morgan fingerprint density at radius 3 is 1.38 bits per heavy atom. The summed E-state index contributed by atoms with van der Waals surface area (Å²) in [5.41, 5.74) is 4.33. The van der Waals surface area contributed by atoms with Crippen LogP contribution >= 0.6 is 17.2 Å². The average molecular weight is 603 g/mol. The van der Waals surface area contributed by atoms with Crippen LogP contribution in [0.25, 0.3) is 0 Å². The molecule has 0 saturated carbocycles. The van der Waals surface area contributed by atoms with E-state index in [1.165, 1.54) is 11.1 Å². The van der Waals surface area contributed by atoms with Gasteiger partial charge in [-0.2, -0.15) is 0 Å². The van der Waals surface area contributed by atoms with Gasteiger partial charge >= 0.3 is 17.2 Å². The molecule has 1 atom stereocenters. The van der Waals surface area contributed by atoms with Gasteiger partial charge in [0.15, 0.2) is 0 Å². The van der Waals surface area contributed by atoms with Gasteiger partial charge in [-0.05, 0) is 57.6 Å². The quantitative estimate of drug-likeness (QED) is 0.143. The Hall–Kier alpha value is -1.22. The van der Waals surface area contributed by atoms with Crippen molar-refractivity contribution in [1.29, 1.82) is 0 Å². The van der Waals surface area contributed by atoms with Crippen LogP contribution in [0, 0.1) is 5.41 Å². The second kappa shape index (κ2) is 17.0. The molecule has 2 aromatic carbocycles. The van der Waals surface area contributed by atoms with Crippen LogP contribution in [0.3, 0.4) is 0 Å². The van der Waals surface area contributed by atoms with Crippen molar-refractivity contribution in [2.75, 3.05) is 19.8 Å². The van der Waals surface area contributed by atoms with Crippen LogP contribution in [0.4, 0.5) is 0 Å².